The van der Waals surface area contributed by atoms with Gasteiger partial charge in [-0.05, 0) is 26.0 Å². The van der Waals surface area contributed by atoms with Crippen LogP contribution in [0.1, 0.15) is 42.5 Å². The number of carbonyl (C=O) groups excluding carboxylic acids is 2. The highest BCUT2D eigenvalue weighted by molar-refractivity contribution is 5.98. The number of piperazine rings is 1. The predicted octanol–water partition coefficient (Wildman–Crippen LogP) is 2.69. The van der Waals surface area contributed by atoms with Crippen molar-refractivity contribution in [1.82, 2.24) is 24.8 Å². The van der Waals surface area contributed by atoms with Crippen molar-refractivity contribution in [3.63, 3.8) is 0 Å². The van der Waals surface area contributed by atoms with E-state index in [0.717, 1.165) is 28.0 Å². The summed E-state index contributed by atoms with van der Waals surface area (Å²) in [6.45, 7) is 9.18. The number of hydrogen-bond donors (Lipinski definition) is 0. The highest BCUT2D eigenvalue weighted by Gasteiger charge is 2.36. The Labute approximate surface area is 205 Å². The first-order valence-electron chi connectivity index (χ1n) is 12.1. The molecule has 2 aliphatic rings. The van der Waals surface area contributed by atoms with Gasteiger partial charge in [-0.3, -0.25) is 14.6 Å². The molecule has 0 atom stereocenters. The number of fused-ring (bicyclic) bond motifs is 2. The molecule has 2 amide bonds. The Morgan fingerprint density at radius 2 is 1.77 bits per heavy atom. The molecule has 182 valence electrons. The van der Waals surface area contributed by atoms with Gasteiger partial charge in [-0.1, -0.05) is 24.3 Å². The van der Waals surface area contributed by atoms with E-state index in [1.165, 1.54) is 0 Å². The zero-order chi connectivity index (χ0) is 24.7. The summed E-state index contributed by atoms with van der Waals surface area (Å²) >= 11 is 0. The van der Waals surface area contributed by atoms with Crippen LogP contribution >= 0.6 is 0 Å². The van der Waals surface area contributed by atoms with Crippen LogP contribution in [0.25, 0.3) is 10.9 Å². The van der Waals surface area contributed by atoms with Gasteiger partial charge < -0.3 is 19.6 Å². The number of para-hydroxylation sites is 1. The van der Waals surface area contributed by atoms with E-state index in [0.29, 0.717) is 50.9 Å². The average Bonchev–Trinajstić information content (AvgIpc) is 3.20. The molecule has 35 heavy (non-hydrogen) atoms. The predicted molar refractivity (Wildman–Crippen MR) is 135 cm³/mol. The molecular weight excluding hydrogens is 442 g/mol. The van der Waals surface area contributed by atoms with Crippen LogP contribution in [0.4, 0.5) is 11.8 Å². The van der Waals surface area contributed by atoms with Gasteiger partial charge in [0.15, 0.2) is 0 Å². The van der Waals surface area contributed by atoms with E-state index in [4.69, 9.17) is 15.0 Å². The maximum atomic E-state index is 13.2. The van der Waals surface area contributed by atoms with Gasteiger partial charge in [-0.2, -0.15) is 4.98 Å². The van der Waals surface area contributed by atoms with Crippen molar-refractivity contribution in [1.29, 1.82) is 0 Å². The fourth-order valence-electron chi connectivity index (χ4n) is 4.77. The van der Waals surface area contributed by atoms with E-state index < -0.39 is 0 Å². The van der Waals surface area contributed by atoms with Gasteiger partial charge in [-0.25, -0.2) is 4.98 Å². The lowest BCUT2D eigenvalue weighted by atomic mass is 10.2. The van der Waals surface area contributed by atoms with Crippen LogP contribution in [0, 0.1) is 0 Å². The number of aromatic nitrogens is 3. The molecule has 9 heteroatoms. The lowest BCUT2D eigenvalue weighted by Gasteiger charge is -2.34. The van der Waals surface area contributed by atoms with Crippen molar-refractivity contribution in [3.8, 4) is 0 Å². The molecule has 0 radical (unpaired) electrons. The first-order valence-corrected chi connectivity index (χ1v) is 12.1. The molecular formula is C26H31N7O2. The number of benzene rings is 1. The summed E-state index contributed by atoms with van der Waals surface area (Å²) in [7, 11) is 1.99. The Morgan fingerprint density at radius 1 is 1.03 bits per heavy atom. The fraction of sp³-hybridized carbons (Fsp3) is 0.423. The van der Waals surface area contributed by atoms with Gasteiger partial charge in [0.25, 0.3) is 5.91 Å². The van der Waals surface area contributed by atoms with E-state index in [2.05, 4.69) is 21.9 Å². The number of hydrogen-bond acceptors (Lipinski definition) is 7. The second-order valence-corrected chi connectivity index (χ2v) is 9.55. The third kappa shape index (κ3) is 4.38. The Hall–Kier alpha value is -3.75. The number of amides is 2. The van der Waals surface area contributed by atoms with Crippen LogP contribution in [0.5, 0.6) is 0 Å². The maximum absolute atomic E-state index is 13.2. The van der Waals surface area contributed by atoms with Crippen molar-refractivity contribution in [3.05, 3.63) is 53.3 Å². The van der Waals surface area contributed by atoms with Gasteiger partial charge in [0.05, 0.1) is 24.3 Å². The van der Waals surface area contributed by atoms with Crippen molar-refractivity contribution in [2.24, 2.45) is 0 Å². The molecule has 0 aliphatic carbocycles. The second kappa shape index (κ2) is 9.13. The Kier molecular flexibility index (Phi) is 6.00. The molecule has 2 aliphatic heterocycles. The fourth-order valence-corrected chi connectivity index (χ4v) is 4.77. The smallest absolute Gasteiger partial charge is 0.273 e. The van der Waals surface area contributed by atoms with Crippen LogP contribution in [0.15, 0.2) is 36.4 Å². The summed E-state index contributed by atoms with van der Waals surface area (Å²) in [5.74, 6) is 1.31. The minimum Gasteiger partial charge on any atom is -0.353 e. The zero-order valence-electron chi connectivity index (χ0n) is 20.7. The lowest BCUT2D eigenvalue weighted by molar-refractivity contribution is -0.129. The molecule has 1 saturated heterocycles. The highest BCUT2D eigenvalue weighted by atomic mass is 16.2. The number of nitrogens with zero attached hydrogens (tertiary/aromatic N) is 7. The molecule has 0 spiro atoms. The molecule has 2 aromatic heterocycles. The molecule has 4 heterocycles. The van der Waals surface area contributed by atoms with Gasteiger partial charge in [0.1, 0.15) is 11.5 Å². The van der Waals surface area contributed by atoms with Crippen molar-refractivity contribution in [2.45, 2.75) is 39.9 Å². The zero-order valence-corrected chi connectivity index (χ0v) is 20.7. The quantitative estimate of drug-likeness (QED) is 0.563. The first kappa shape index (κ1) is 23.0. The molecule has 9 nitrogen and oxygen atoms in total. The normalized spacial score (nSPS) is 15.8. The number of rotatable bonds is 5. The van der Waals surface area contributed by atoms with Gasteiger partial charge in [-0.15, -0.1) is 0 Å². The topological polar surface area (TPSA) is 85.8 Å². The van der Waals surface area contributed by atoms with Crippen molar-refractivity contribution < 1.29 is 9.59 Å². The number of carbonyl (C=O) groups is 2. The summed E-state index contributed by atoms with van der Waals surface area (Å²) in [6.07, 6.45) is 0. The summed E-state index contributed by atoms with van der Waals surface area (Å²) in [5.41, 5.74) is 3.22. The average molecular weight is 474 g/mol. The summed E-state index contributed by atoms with van der Waals surface area (Å²) < 4.78 is 0. The van der Waals surface area contributed by atoms with Crippen LogP contribution in [0.2, 0.25) is 0 Å². The largest absolute Gasteiger partial charge is 0.353 e. The Bertz CT molecular complexity index is 1280. The van der Waals surface area contributed by atoms with Crippen LogP contribution in [0.3, 0.4) is 0 Å². The minimum absolute atomic E-state index is 0.0560. The SMILES string of the molecule is CC(=O)N1CCN(c2nc3c(c(N(C)Cc4ccc5ccccc5n4)n2)CN(C(C)C)C3=O)CC1. The maximum Gasteiger partial charge on any atom is 0.273 e. The molecule has 5 rings (SSSR count). The summed E-state index contributed by atoms with van der Waals surface area (Å²) in [5, 5.41) is 1.10. The van der Waals surface area contributed by atoms with E-state index in [9.17, 15) is 9.59 Å². The van der Waals surface area contributed by atoms with Gasteiger partial charge in [0.2, 0.25) is 11.9 Å². The monoisotopic (exact) mass is 473 g/mol. The minimum atomic E-state index is -0.0560. The van der Waals surface area contributed by atoms with E-state index in [1.54, 1.807) is 6.92 Å². The highest BCUT2D eigenvalue weighted by Crippen LogP contribution is 2.32. The summed E-state index contributed by atoms with van der Waals surface area (Å²) in [6, 6.07) is 12.3. The molecule has 0 unspecified atom stereocenters. The second-order valence-electron chi connectivity index (χ2n) is 9.55. The molecule has 0 saturated carbocycles. The van der Waals surface area contributed by atoms with Crippen LogP contribution in [-0.4, -0.2) is 75.8 Å². The molecule has 3 aromatic rings. The van der Waals surface area contributed by atoms with Crippen molar-refractivity contribution in [2.75, 3.05) is 43.0 Å². The van der Waals surface area contributed by atoms with Gasteiger partial charge in [0, 0.05) is 57.1 Å². The molecule has 0 N–H and O–H groups in total. The third-order valence-electron chi connectivity index (χ3n) is 6.81. The van der Waals surface area contributed by atoms with E-state index in [-0.39, 0.29) is 17.9 Å². The molecule has 0 bridgehead atoms. The summed E-state index contributed by atoms with van der Waals surface area (Å²) in [4.78, 5) is 47.3. The van der Waals surface area contributed by atoms with Crippen LogP contribution < -0.4 is 9.80 Å². The van der Waals surface area contributed by atoms with E-state index in [1.807, 2.05) is 55.0 Å². The Morgan fingerprint density at radius 3 is 2.49 bits per heavy atom. The first-order chi connectivity index (χ1) is 16.8. The van der Waals surface area contributed by atoms with Crippen LogP contribution in [-0.2, 0) is 17.9 Å². The Balaban J connectivity index is 1.48. The lowest BCUT2D eigenvalue weighted by Crippen LogP contribution is -2.48. The van der Waals surface area contributed by atoms with E-state index >= 15 is 0 Å². The molecule has 1 fully saturated rings. The number of anilines is 2. The standard InChI is InChI=1S/C26H31N7O2/c1-17(2)33-16-21-23(25(33)35)28-26(32-13-11-31(12-14-32)18(3)34)29-24(21)30(4)15-20-10-9-19-7-5-6-8-22(19)27-20/h5-10,17H,11-16H2,1-4H3. The van der Waals surface area contributed by atoms with Crippen molar-refractivity contribution >= 4 is 34.5 Å². The number of pyridine rings is 1. The molecule has 1 aromatic carbocycles. The third-order valence-corrected chi connectivity index (χ3v) is 6.81. The van der Waals surface area contributed by atoms with Gasteiger partial charge >= 0.3 is 0 Å².